The largest absolute Gasteiger partial charge is 0.307 e. The molecule has 4 rings (SSSR count). The SMILES string of the molecule is Cc1cc(C)cc(N(CC(=O)N2c3ccccc3CC2C)S(=O)(=O)c2c(C)nn(C)c2C)c1. The molecule has 0 N–H and O–H groups in total. The van der Waals surface area contributed by atoms with Crippen LogP contribution in [0.2, 0.25) is 0 Å². The molecule has 8 heteroatoms. The summed E-state index contributed by atoms with van der Waals surface area (Å²) in [6.45, 7) is 8.94. The molecule has 0 aliphatic carbocycles. The lowest BCUT2D eigenvalue weighted by Crippen LogP contribution is -2.45. The second-order valence-corrected chi connectivity index (χ2v) is 10.7. The molecule has 1 amide bonds. The molecular formula is C25H30N4O3S. The zero-order valence-corrected chi connectivity index (χ0v) is 20.8. The Balaban J connectivity index is 1.81. The first-order valence-corrected chi connectivity index (χ1v) is 12.5. The van der Waals surface area contributed by atoms with Gasteiger partial charge < -0.3 is 4.90 Å². The third-order valence-electron chi connectivity index (χ3n) is 6.24. The van der Waals surface area contributed by atoms with Gasteiger partial charge >= 0.3 is 0 Å². The molecule has 0 saturated carbocycles. The Bertz CT molecular complexity index is 1320. The molecule has 1 aromatic heterocycles. The van der Waals surface area contributed by atoms with E-state index in [9.17, 15) is 13.2 Å². The highest BCUT2D eigenvalue weighted by Crippen LogP contribution is 2.34. The van der Waals surface area contributed by atoms with Crippen LogP contribution in [0.15, 0.2) is 47.4 Å². The Kier molecular flexibility index (Phi) is 5.82. The minimum atomic E-state index is -4.05. The summed E-state index contributed by atoms with van der Waals surface area (Å²) in [4.78, 5) is 15.5. The van der Waals surface area contributed by atoms with Gasteiger partial charge in [0.1, 0.15) is 11.4 Å². The first-order valence-electron chi connectivity index (χ1n) is 11.0. The predicted molar refractivity (Wildman–Crippen MR) is 130 cm³/mol. The van der Waals surface area contributed by atoms with Crippen LogP contribution < -0.4 is 9.21 Å². The molecule has 7 nitrogen and oxygen atoms in total. The number of aryl methyl sites for hydroxylation is 4. The molecule has 174 valence electrons. The quantitative estimate of drug-likeness (QED) is 0.573. The third-order valence-corrected chi connectivity index (χ3v) is 8.27. The van der Waals surface area contributed by atoms with Crippen molar-refractivity contribution in [3.8, 4) is 0 Å². The zero-order chi connectivity index (χ0) is 24.1. The molecule has 0 radical (unpaired) electrons. The summed E-state index contributed by atoms with van der Waals surface area (Å²) in [6.07, 6.45) is 0.749. The average Bonchev–Trinajstić information content (AvgIpc) is 3.19. The number of fused-ring (bicyclic) bond motifs is 1. The van der Waals surface area contributed by atoms with E-state index in [-0.39, 0.29) is 23.4 Å². The molecule has 0 saturated heterocycles. The molecule has 1 atom stereocenters. The molecule has 0 bridgehead atoms. The molecule has 0 fully saturated rings. The monoisotopic (exact) mass is 466 g/mol. The van der Waals surface area contributed by atoms with Gasteiger partial charge in [0, 0.05) is 18.8 Å². The minimum absolute atomic E-state index is 0.0411. The first kappa shape index (κ1) is 23.0. The van der Waals surface area contributed by atoms with Gasteiger partial charge in [-0.05, 0) is 75.9 Å². The molecular weight excluding hydrogens is 436 g/mol. The lowest BCUT2D eigenvalue weighted by atomic mass is 10.1. The zero-order valence-electron chi connectivity index (χ0n) is 20.0. The van der Waals surface area contributed by atoms with Gasteiger partial charge in [0.05, 0.1) is 17.1 Å². The Morgan fingerprint density at radius 1 is 1.09 bits per heavy atom. The number of carbonyl (C=O) groups is 1. The van der Waals surface area contributed by atoms with Gasteiger partial charge in [0.2, 0.25) is 5.91 Å². The summed E-state index contributed by atoms with van der Waals surface area (Å²) >= 11 is 0. The van der Waals surface area contributed by atoms with Crippen molar-refractivity contribution in [2.24, 2.45) is 7.05 Å². The van der Waals surface area contributed by atoms with Crippen LogP contribution in [0.3, 0.4) is 0 Å². The molecule has 0 spiro atoms. The Hall–Kier alpha value is -3.13. The summed E-state index contributed by atoms with van der Waals surface area (Å²) in [7, 11) is -2.33. The highest BCUT2D eigenvalue weighted by molar-refractivity contribution is 7.93. The van der Waals surface area contributed by atoms with E-state index >= 15 is 0 Å². The fraction of sp³-hybridized carbons (Fsp3) is 0.360. The van der Waals surface area contributed by atoms with Crippen LogP contribution in [-0.4, -0.2) is 36.7 Å². The number of benzene rings is 2. The van der Waals surface area contributed by atoms with Crippen molar-refractivity contribution < 1.29 is 13.2 Å². The average molecular weight is 467 g/mol. The maximum absolute atomic E-state index is 14.0. The number of amides is 1. The van der Waals surface area contributed by atoms with E-state index < -0.39 is 10.0 Å². The summed E-state index contributed by atoms with van der Waals surface area (Å²) in [5.41, 5.74) is 5.23. The Morgan fingerprint density at radius 3 is 2.33 bits per heavy atom. The number of nitrogens with zero attached hydrogens (tertiary/aromatic N) is 4. The second-order valence-electron chi connectivity index (χ2n) is 8.93. The fourth-order valence-electron chi connectivity index (χ4n) is 4.79. The fourth-order valence-corrected chi connectivity index (χ4v) is 6.60. The van der Waals surface area contributed by atoms with E-state index in [1.54, 1.807) is 42.6 Å². The van der Waals surface area contributed by atoms with E-state index in [4.69, 9.17) is 0 Å². The smallest absolute Gasteiger partial charge is 0.268 e. The van der Waals surface area contributed by atoms with Gasteiger partial charge in [0.15, 0.2) is 0 Å². The van der Waals surface area contributed by atoms with Gasteiger partial charge in [-0.3, -0.25) is 13.8 Å². The van der Waals surface area contributed by atoms with Gasteiger partial charge in [-0.15, -0.1) is 0 Å². The molecule has 2 heterocycles. The summed E-state index contributed by atoms with van der Waals surface area (Å²) in [5.74, 6) is -0.255. The summed E-state index contributed by atoms with van der Waals surface area (Å²) in [6, 6.07) is 13.3. The molecule has 3 aromatic rings. The molecule has 2 aromatic carbocycles. The lowest BCUT2D eigenvalue weighted by molar-refractivity contribution is -0.117. The van der Waals surface area contributed by atoms with E-state index in [1.807, 2.05) is 51.1 Å². The van der Waals surface area contributed by atoms with Gasteiger partial charge in [0.25, 0.3) is 10.0 Å². The van der Waals surface area contributed by atoms with Gasteiger partial charge in [-0.1, -0.05) is 24.3 Å². The molecule has 1 aliphatic heterocycles. The second kappa shape index (κ2) is 8.33. The molecule has 33 heavy (non-hydrogen) atoms. The van der Waals surface area contributed by atoms with Crippen molar-refractivity contribution in [1.29, 1.82) is 0 Å². The first-order chi connectivity index (χ1) is 15.5. The Labute approximate surface area is 195 Å². The Morgan fingerprint density at radius 2 is 1.73 bits per heavy atom. The maximum Gasteiger partial charge on any atom is 0.268 e. The van der Waals surface area contributed by atoms with E-state index in [0.29, 0.717) is 17.1 Å². The number of rotatable bonds is 5. The van der Waals surface area contributed by atoms with Crippen molar-refractivity contribution in [1.82, 2.24) is 9.78 Å². The molecule has 1 aliphatic rings. The number of para-hydroxylation sites is 1. The standard InChI is InChI=1S/C25H30N4O3S/c1-16-11-17(2)13-22(12-16)28(33(31,32)25-19(4)26-27(6)20(25)5)15-24(30)29-18(3)14-21-9-7-8-10-23(21)29/h7-13,18H,14-15H2,1-6H3. The van der Waals surface area contributed by atoms with E-state index in [2.05, 4.69) is 5.10 Å². The van der Waals surface area contributed by atoms with Crippen LogP contribution in [0.1, 0.15) is 35.0 Å². The van der Waals surface area contributed by atoms with Crippen LogP contribution in [0, 0.1) is 27.7 Å². The maximum atomic E-state index is 14.0. The van der Waals surface area contributed by atoms with Crippen LogP contribution in [-0.2, 0) is 28.3 Å². The van der Waals surface area contributed by atoms with Crippen LogP contribution in [0.5, 0.6) is 0 Å². The lowest BCUT2D eigenvalue weighted by Gasteiger charge is -2.29. The number of sulfonamides is 1. The van der Waals surface area contributed by atoms with Crippen molar-refractivity contribution in [2.45, 2.75) is 52.0 Å². The summed E-state index contributed by atoms with van der Waals surface area (Å²) < 4.78 is 30.8. The molecule has 1 unspecified atom stereocenters. The van der Waals surface area contributed by atoms with Crippen LogP contribution in [0.25, 0.3) is 0 Å². The number of carbonyl (C=O) groups excluding carboxylic acids is 1. The number of hydrogen-bond donors (Lipinski definition) is 0. The highest BCUT2D eigenvalue weighted by Gasteiger charge is 2.36. The number of hydrogen-bond acceptors (Lipinski definition) is 4. The number of aromatic nitrogens is 2. The highest BCUT2D eigenvalue weighted by atomic mass is 32.2. The minimum Gasteiger partial charge on any atom is -0.307 e. The third kappa shape index (κ3) is 4.04. The predicted octanol–water partition coefficient (Wildman–Crippen LogP) is 3.83. The van der Waals surface area contributed by atoms with Crippen LogP contribution in [0.4, 0.5) is 11.4 Å². The van der Waals surface area contributed by atoms with Crippen LogP contribution >= 0.6 is 0 Å². The summed E-state index contributed by atoms with van der Waals surface area (Å²) in [5, 5.41) is 4.30. The van der Waals surface area contributed by atoms with Crippen molar-refractivity contribution in [3.05, 3.63) is 70.5 Å². The van der Waals surface area contributed by atoms with Crippen molar-refractivity contribution in [3.63, 3.8) is 0 Å². The topological polar surface area (TPSA) is 75.5 Å². The van der Waals surface area contributed by atoms with Crippen molar-refractivity contribution >= 4 is 27.3 Å². The van der Waals surface area contributed by atoms with Gasteiger partial charge in [-0.2, -0.15) is 5.10 Å². The van der Waals surface area contributed by atoms with E-state index in [1.165, 1.54) is 4.31 Å². The van der Waals surface area contributed by atoms with E-state index in [0.717, 1.165) is 28.8 Å². The van der Waals surface area contributed by atoms with Gasteiger partial charge in [-0.25, -0.2) is 8.42 Å². The normalized spacial score (nSPS) is 15.6. The number of anilines is 2. The van der Waals surface area contributed by atoms with Crippen molar-refractivity contribution in [2.75, 3.05) is 15.7 Å².